The molecule has 3 heteroatoms. The summed E-state index contributed by atoms with van der Waals surface area (Å²) in [6.45, 7) is 1.01. The molecule has 0 aromatic heterocycles. The highest BCUT2D eigenvalue weighted by atomic mass is 32.2. The molecule has 2 nitrogen and oxygen atoms in total. The standard InChI is InChI=1S/C17H29NOS/c1-18-16(15-13-3-2-4-14(13)15)12-5-8-19-17(11-12)6-9-20-10-7-17/h12-16,18H,2-11H2,1H3. The largest absolute Gasteiger partial charge is 0.375 e. The summed E-state index contributed by atoms with van der Waals surface area (Å²) in [5, 5.41) is 3.72. The third-order valence-corrected chi connectivity index (χ3v) is 7.65. The lowest BCUT2D eigenvalue weighted by atomic mass is 9.76. The van der Waals surface area contributed by atoms with E-state index in [9.17, 15) is 0 Å². The average molecular weight is 295 g/mol. The predicted octanol–water partition coefficient (Wildman–Crippen LogP) is 3.31. The van der Waals surface area contributed by atoms with Crippen LogP contribution in [-0.2, 0) is 4.74 Å². The van der Waals surface area contributed by atoms with E-state index in [1.807, 2.05) is 0 Å². The van der Waals surface area contributed by atoms with Crippen LogP contribution in [0.5, 0.6) is 0 Å². The Morgan fingerprint density at radius 1 is 1.15 bits per heavy atom. The molecule has 1 N–H and O–H groups in total. The van der Waals surface area contributed by atoms with E-state index in [1.54, 1.807) is 0 Å². The molecule has 0 bridgehead atoms. The van der Waals surface area contributed by atoms with Crippen LogP contribution in [0.3, 0.4) is 0 Å². The summed E-state index contributed by atoms with van der Waals surface area (Å²) in [4.78, 5) is 0. The van der Waals surface area contributed by atoms with Gasteiger partial charge in [0.1, 0.15) is 0 Å². The fourth-order valence-electron chi connectivity index (χ4n) is 5.62. The van der Waals surface area contributed by atoms with Gasteiger partial charge in [0, 0.05) is 12.6 Å². The van der Waals surface area contributed by atoms with Gasteiger partial charge in [-0.15, -0.1) is 0 Å². The zero-order valence-electron chi connectivity index (χ0n) is 12.8. The van der Waals surface area contributed by atoms with Crippen LogP contribution in [0, 0.1) is 23.7 Å². The Bertz CT molecular complexity index is 339. The summed E-state index contributed by atoms with van der Waals surface area (Å²) in [5.41, 5.74) is 0.257. The van der Waals surface area contributed by atoms with Crippen molar-refractivity contribution in [3.05, 3.63) is 0 Å². The first kappa shape index (κ1) is 13.9. The van der Waals surface area contributed by atoms with E-state index >= 15 is 0 Å². The molecule has 20 heavy (non-hydrogen) atoms. The second-order valence-corrected chi connectivity index (χ2v) is 8.77. The summed E-state index contributed by atoms with van der Waals surface area (Å²) in [6, 6.07) is 0.778. The molecule has 2 heterocycles. The minimum atomic E-state index is 0.257. The molecule has 2 saturated heterocycles. The second kappa shape index (κ2) is 5.48. The maximum absolute atomic E-state index is 6.28. The van der Waals surface area contributed by atoms with E-state index in [-0.39, 0.29) is 5.60 Å². The summed E-state index contributed by atoms with van der Waals surface area (Å²) >= 11 is 2.11. The van der Waals surface area contributed by atoms with E-state index in [0.717, 1.165) is 36.3 Å². The number of hydrogen-bond acceptors (Lipinski definition) is 3. The molecular formula is C17H29NOS. The minimum Gasteiger partial charge on any atom is -0.375 e. The molecular weight excluding hydrogens is 266 g/mol. The number of nitrogens with one attached hydrogen (secondary N) is 1. The molecule has 0 amide bonds. The maximum Gasteiger partial charge on any atom is 0.0701 e. The Hall–Kier alpha value is 0.270. The fraction of sp³-hybridized carbons (Fsp3) is 1.00. The number of hydrogen-bond donors (Lipinski definition) is 1. The molecule has 4 fully saturated rings. The zero-order valence-corrected chi connectivity index (χ0v) is 13.6. The van der Waals surface area contributed by atoms with Crippen LogP contribution in [0.25, 0.3) is 0 Å². The first-order valence-electron chi connectivity index (χ1n) is 8.72. The highest BCUT2D eigenvalue weighted by Crippen LogP contribution is 2.60. The maximum atomic E-state index is 6.28. The third-order valence-electron chi connectivity index (χ3n) is 6.66. The van der Waals surface area contributed by atoms with Crippen molar-refractivity contribution >= 4 is 11.8 Å². The number of fused-ring (bicyclic) bond motifs is 1. The van der Waals surface area contributed by atoms with Gasteiger partial charge in [0.25, 0.3) is 0 Å². The topological polar surface area (TPSA) is 21.3 Å². The van der Waals surface area contributed by atoms with E-state index in [0.29, 0.717) is 0 Å². The van der Waals surface area contributed by atoms with Crippen LogP contribution in [0.15, 0.2) is 0 Å². The lowest BCUT2D eigenvalue weighted by molar-refractivity contribution is -0.108. The molecule has 2 saturated carbocycles. The van der Waals surface area contributed by atoms with Crippen LogP contribution in [-0.4, -0.2) is 36.8 Å². The van der Waals surface area contributed by atoms with Gasteiger partial charge < -0.3 is 10.1 Å². The highest BCUT2D eigenvalue weighted by molar-refractivity contribution is 7.99. The van der Waals surface area contributed by atoms with E-state index < -0.39 is 0 Å². The van der Waals surface area contributed by atoms with Gasteiger partial charge in [0.05, 0.1) is 5.60 Å². The SMILES string of the molecule is CNC(C1CCOC2(CCSCC2)C1)C1C2CCCC21. The van der Waals surface area contributed by atoms with E-state index in [1.165, 1.54) is 56.5 Å². The monoisotopic (exact) mass is 295 g/mol. The van der Waals surface area contributed by atoms with Gasteiger partial charge in [0.2, 0.25) is 0 Å². The first-order chi connectivity index (χ1) is 9.83. The molecule has 2 aliphatic heterocycles. The number of rotatable bonds is 3. The van der Waals surface area contributed by atoms with Gasteiger partial charge in [0.15, 0.2) is 0 Å². The van der Waals surface area contributed by atoms with Gasteiger partial charge in [-0.2, -0.15) is 11.8 Å². The van der Waals surface area contributed by atoms with E-state index in [4.69, 9.17) is 4.74 Å². The third kappa shape index (κ3) is 2.34. The van der Waals surface area contributed by atoms with Gasteiger partial charge in [-0.1, -0.05) is 6.42 Å². The van der Waals surface area contributed by atoms with Crippen LogP contribution >= 0.6 is 11.8 Å². The Labute approximate surface area is 127 Å². The Kier molecular flexibility index (Phi) is 3.81. The van der Waals surface area contributed by atoms with Crippen molar-refractivity contribution in [2.45, 2.75) is 56.6 Å². The molecule has 4 atom stereocenters. The molecule has 2 aliphatic carbocycles. The van der Waals surface area contributed by atoms with Gasteiger partial charge in [-0.25, -0.2) is 0 Å². The van der Waals surface area contributed by atoms with Crippen molar-refractivity contribution in [1.29, 1.82) is 0 Å². The van der Waals surface area contributed by atoms with E-state index in [2.05, 4.69) is 24.1 Å². The smallest absolute Gasteiger partial charge is 0.0701 e. The van der Waals surface area contributed by atoms with Crippen molar-refractivity contribution in [2.24, 2.45) is 23.7 Å². The van der Waals surface area contributed by atoms with Crippen LogP contribution < -0.4 is 5.32 Å². The Balaban J connectivity index is 1.44. The molecule has 0 aromatic carbocycles. The highest BCUT2D eigenvalue weighted by Gasteiger charge is 2.57. The van der Waals surface area contributed by atoms with Crippen molar-refractivity contribution in [1.82, 2.24) is 5.32 Å². The Morgan fingerprint density at radius 3 is 2.60 bits per heavy atom. The minimum absolute atomic E-state index is 0.257. The fourth-order valence-corrected chi connectivity index (χ4v) is 6.85. The lowest BCUT2D eigenvalue weighted by Gasteiger charge is -2.45. The molecule has 4 rings (SSSR count). The first-order valence-corrected chi connectivity index (χ1v) is 9.87. The zero-order chi connectivity index (χ0) is 13.6. The number of ether oxygens (including phenoxy) is 1. The van der Waals surface area contributed by atoms with Crippen molar-refractivity contribution in [3.63, 3.8) is 0 Å². The van der Waals surface area contributed by atoms with Crippen LogP contribution in [0.4, 0.5) is 0 Å². The second-order valence-electron chi connectivity index (χ2n) is 7.55. The average Bonchev–Trinajstić information content (AvgIpc) is 2.94. The van der Waals surface area contributed by atoms with Gasteiger partial charge in [-0.05, 0) is 80.7 Å². The van der Waals surface area contributed by atoms with Crippen molar-refractivity contribution in [3.8, 4) is 0 Å². The summed E-state index contributed by atoms with van der Waals surface area (Å²) in [7, 11) is 2.21. The van der Waals surface area contributed by atoms with Crippen LogP contribution in [0.1, 0.15) is 44.9 Å². The van der Waals surface area contributed by atoms with Gasteiger partial charge >= 0.3 is 0 Å². The van der Waals surface area contributed by atoms with Crippen LogP contribution in [0.2, 0.25) is 0 Å². The van der Waals surface area contributed by atoms with Crippen molar-refractivity contribution in [2.75, 3.05) is 25.2 Å². The number of thioether (sulfide) groups is 1. The summed E-state index contributed by atoms with van der Waals surface area (Å²) < 4.78 is 6.28. The summed E-state index contributed by atoms with van der Waals surface area (Å²) in [6.07, 6.45) is 9.73. The van der Waals surface area contributed by atoms with Crippen molar-refractivity contribution < 1.29 is 4.74 Å². The normalized spacial score (nSPS) is 44.2. The molecule has 4 aliphatic rings. The lowest BCUT2D eigenvalue weighted by Crippen LogP contribution is -2.49. The molecule has 1 spiro atoms. The Morgan fingerprint density at radius 2 is 1.90 bits per heavy atom. The molecule has 114 valence electrons. The van der Waals surface area contributed by atoms with Gasteiger partial charge in [-0.3, -0.25) is 0 Å². The predicted molar refractivity (Wildman–Crippen MR) is 85.1 cm³/mol. The summed E-state index contributed by atoms with van der Waals surface area (Å²) in [5.74, 6) is 6.65. The molecule has 0 radical (unpaired) electrons. The molecule has 4 unspecified atom stereocenters. The molecule has 0 aromatic rings. The quantitative estimate of drug-likeness (QED) is 0.863.